The van der Waals surface area contributed by atoms with Gasteiger partial charge in [-0.2, -0.15) is 0 Å². The van der Waals surface area contributed by atoms with Crippen molar-refractivity contribution in [2.45, 2.75) is 31.2 Å². The monoisotopic (exact) mass is 440 g/mol. The van der Waals surface area contributed by atoms with Crippen LogP contribution in [-0.2, 0) is 21.4 Å². The molecule has 164 valence electrons. The summed E-state index contributed by atoms with van der Waals surface area (Å²) >= 11 is 0. The predicted octanol–water partition coefficient (Wildman–Crippen LogP) is 2.06. The highest BCUT2D eigenvalue weighted by Crippen LogP contribution is 2.22. The first kappa shape index (κ1) is 21.5. The molecule has 2 aliphatic heterocycles. The maximum absolute atomic E-state index is 12.2. The summed E-state index contributed by atoms with van der Waals surface area (Å²) in [6.07, 6.45) is 2.10. The van der Waals surface area contributed by atoms with Crippen LogP contribution in [0.1, 0.15) is 29.5 Å². The van der Waals surface area contributed by atoms with E-state index >= 15 is 0 Å². The minimum atomic E-state index is -3.58. The third kappa shape index (κ3) is 5.32. The maximum atomic E-state index is 12.2. The van der Waals surface area contributed by atoms with Gasteiger partial charge in [-0.25, -0.2) is 8.42 Å². The second-order valence-corrected chi connectivity index (χ2v) is 9.93. The van der Waals surface area contributed by atoms with Crippen LogP contribution in [0.5, 0.6) is 0 Å². The van der Waals surface area contributed by atoms with E-state index in [9.17, 15) is 13.2 Å². The molecule has 1 saturated heterocycles. The topological polar surface area (TPSA) is 90.9 Å². The van der Waals surface area contributed by atoms with Gasteiger partial charge in [-0.05, 0) is 56.5 Å². The van der Waals surface area contributed by atoms with Crippen LogP contribution < -0.4 is 10.0 Å². The quantitative estimate of drug-likeness (QED) is 0.719. The highest BCUT2D eigenvalue weighted by atomic mass is 32.2. The Labute approximate surface area is 183 Å². The molecule has 0 unspecified atom stereocenters. The summed E-state index contributed by atoms with van der Waals surface area (Å²) in [5.74, 6) is 0.491. The number of carbonyl (C=O) groups is 1. The number of piperidine rings is 1. The fourth-order valence-electron chi connectivity index (χ4n) is 4.02. The number of aliphatic imine (C=N–C) groups is 1. The van der Waals surface area contributed by atoms with Crippen molar-refractivity contribution in [2.24, 2.45) is 10.9 Å². The van der Waals surface area contributed by atoms with E-state index in [0.29, 0.717) is 18.0 Å². The van der Waals surface area contributed by atoms with Crippen LogP contribution in [-0.4, -0.2) is 51.2 Å². The second-order valence-electron chi connectivity index (χ2n) is 8.28. The van der Waals surface area contributed by atoms with Crippen LogP contribution in [0.15, 0.2) is 58.4 Å². The molecular formula is C23H28N4O3S. The minimum absolute atomic E-state index is 0.0988. The maximum Gasteiger partial charge on any atom is 0.263 e. The lowest BCUT2D eigenvalue weighted by molar-refractivity contribution is -0.119. The molecule has 0 aliphatic carbocycles. The summed E-state index contributed by atoms with van der Waals surface area (Å²) in [6, 6.07) is 15.3. The molecule has 1 amide bonds. The first-order valence-electron chi connectivity index (χ1n) is 10.6. The summed E-state index contributed by atoms with van der Waals surface area (Å²) in [5, 5.41) is 2.95. The van der Waals surface area contributed by atoms with E-state index in [-0.39, 0.29) is 23.2 Å². The van der Waals surface area contributed by atoms with Gasteiger partial charge in [0.15, 0.2) is 0 Å². The number of fused-ring (bicyclic) bond motifs is 1. The first-order chi connectivity index (χ1) is 14.9. The summed E-state index contributed by atoms with van der Waals surface area (Å²) in [5.41, 5.74) is 3.12. The van der Waals surface area contributed by atoms with Gasteiger partial charge in [0, 0.05) is 18.7 Å². The average molecular weight is 441 g/mol. The van der Waals surface area contributed by atoms with Crippen molar-refractivity contribution in [3.8, 4) is 0 Å². The van der Waals surface area contributed by atoms with Crippen molar-refractivity contribution < 1.29 is 13.2 Å². The number of benzene rings is 2. The van der Waals surface area contributed by atoms with Crippen LogP contribution in [0, 0.1) is 12.8 Å². The Morgan fingerprint density at radius 3 is 2.58 bits per heavy atom. The predicted molar refractivity (Wildman–Crippen MR) is 120 cm³/mol. The lowest BCUT2D eigenvalue weighted by Gasteiger charge is -2.32. The van der Waals surface area contributed by atoms with Crippen LogP contribution in [0.4, 0.5) is 0 Å². The molecule has 8 heteroatoms. The highest BCUT2D eigenvalue weighted by Gasteiger charge is 2.30. The molecule has 4 rings (SSSR count). The fraction of sp³-hybridized carbons (Fsp3) is 0.391. The van der Waals surface area contributed by atoms with Crippen LogP contribution in [0.2, 0.25) is 0 Å². The highest BCUT2D eigenvalue weighted by molar-refractivity contribution is 7.90. The molecule has 2 N–H and O–H groups in total. The van der Waals surface area contributed by atoms with E-state index in [1.54, 1.807) is 18.2 Å². The SMILES string of the molecule is Cc1ccc(CN2CCC(CNC(=O)CN=C3NS(=O)(=O)c4ccccc43)CC2)cc1. The number of amidine groups is 1. The second kappa shape index (κ2) is 9.20. The molecule has 0 radical (unpaired) electrons. The number of aryl methyl sites for hydroxylation is 1. The number of nitrogens with one attached hydrogen (secondary N) is 2. The zero-order chi connectivity index (χ0) is 21.8. The number of hydrogen-bond acceptors (Lipinski definition) is 5. The number of amides is 1. The molecule has 2 aliphatic rings. The van der Waals surface area contributed by atoms with Crippen molar-refractivity contribution in [3.05, 3.63) is 65.2 Å². The summed E-state index contributed by atoms with van der Waals surface area (Å²) in [4.78, 5) is 19.1. The van der Waals surface area contributed by atoms with Crippen molar-refractivity contribution in [3.63, 3.8) is 0 Å². The van der Waals surface area contributed by atoms with E-state index in [2.05, 4.69) is 51.1 Å². The van der Waals surface area contributed by atoms with Crippen LogP contribution in [0.25, 0.3) is 0 Å². The lowest BCUT2D eigenvalue weighted by atomic mass is 9.96. The Morgan fingerprint density at radius 1 is 1.13 bits per heavy atom. The van der Waals surface area contributed by atoms with E-state index in [1.807, 2.05) is 0 Å². The Kier molecular flexibility index (Phi) is 6.38. The normalized spacial score (nSPS) is 19.7. The minimum Gasteiger partial charge on any atom is -0.354 e. The van der Waals surface area contributed by atoms with Gasteiger partial charge in [-0.3, -0.25) is 19.4 Å². The molecule has 0 saturated carbocycles. The molecule has 0 spiro atoms. The molecule has 2 aromatic rings. The Balaban J connectivity index is 1.22. The molecule has 0 aromatic heterocycles. The van der Waals surface area contributed by atoms with Gasteiger partial charge < -0.3 is 5.32 Å². The van der Waals surface area contributed by atoms with Gasteiger partial charge in [0.2, 0.25) is 5.91 Å². The Morgan fingerprint density at radius 2 is 1.84 bits per heavy atom. The van der Waals surface area contributed by atoms with Crippen LogP contribution >= 0.6 is 0 Å². The van der Waals surface area contributed by atoms with Gasteiger partial charge in [0.1, 0.15) is 12.4 Å². The first-order valence-corrected chi connectivity index (χ1v) is 12.1. The zero-order valence-corrected chi connectivity index (χ0v) is 18.5. The van der Waals surface area contributed by atoms with Gasteiger partial charge in [-0.1, -0.05) is 42.0 Å². The smallest absolute Gasteiger partial charge is 0.263 e. The summed E-state index contributed by atoms with van der Waals surface area (Å²) < 4.78 is 26.6. The Bertz CT molecular complexity index is 1070. The zero-order valence-electron chi connectivity index (χ0n) is 17.7. The van der Waals surface area contributed by atoms with Gasteiger partial charge in [0.05, 0.1) is 4.90 Å². The van der Waals surface area contributed by atoms with Crippen molar-refractivity contribution >= 4 is 21.8 Å². The standard InChI is InChI=1S/C23H28N4O3S/c1-17-6-8-19(9-7-17)16-27-12-10-18(11-13-27)14-24-22(28)15-25-23-20-4-2-3-5-21(20)31(29,30)26-23/h2-9,18H,10-16H2,1H3,(H,24,28)(H,25,26). The largest absolute Gasteiger partial charge is 0.354 e. The third-order valence-electron chi connectivity index (χ3n) is 5.87. The molecule has 31 heavy (non-hydrogen) atoms. The summed E-state index contributed by atoms with van der Waals surface area (Å²) in [7, 11) is -3.58. The number of carbonyl (C=O) groups excluding carboxylic acids is 1. The average Bonchev–Trinajstić information content (AvgIpc) is 3.04. The lowest BCUT2D eigenvalue weighted by Crippen LogP contribution is -2.39. The number of hydrogen-bond donors (Lipinski definition) is 2. The molecule has 7 nitrogen and oxygen atoms in total. The van der Waals surface area contributed by atoms with E-state index in [1.165, 1.54) is 17.2 Å². The van der Waals surface area contributed by atoms with E-state index in [0.717, 1.165) is 32.5 Å². The number of rotatable bonds is 6. The molecule has 2 heterocycles. The van der Waals surface area contributed by atoms with Gasteiger partial charge >= 0.3 is 0 Å². The number of likely N-dealkylation sites (tertiary alicyclic amines) is 1. The molecule has 0 atom stereocenters. The van der Waals surface area contributed by atoms with E-state index in [4.69, 9.17) is 0 Å². The van der Waals surface area contributed by atoms with Gasteiger partial charge in [-0.15, -0.1) is 0 Å². The van der Waals surface area contributed by atoms with Gasteiger partial charge in [0.25, 0.3) is 10.0 Å². The van der Waals surface area contributed by atoms with Crippen molar-refractivity contribution in [2.75, 3.05) is 26.2 Å². The van der Waals surface area contributed by atoms with E-state index < -0.39 is 10.0 Å². The third-order valence-corrected chi connectivity index (χ3v) is 7.26. The summed E-state index contributed by atoms with van der Waals surface area (Å²) in [6.45, 7) is 5.64. The Hall–Kier alpha value is -2.71. The van der Waals surface area contributed by atoms with Crippen molar-refractivity contribution in [1.29, 1.82) is 0 Å². The molecule has 2 aromatic carbocycles. The molecule has 0 bridgehead atoms. The number of nitrogens with zero attached hydrogens (tertiary/aromatic N) is 2. The number of sulfonamides is 1. The molecular weight excluding hydrogens is 412 g/mol. The van der Waals surface area contributed by atoms with Crippen LogP contribution in [0.3, 0.4) is 0 Å². The molecule has 1 fully saturated rings. The van der Waals surface area contributed by atoms with Crippen molar-refractivity contribution in [1.82, 2.24) is 14.9 Å². The fourth-order valence-corrected chi connectivity index (χ4v) is 5.27.